The van der Waals surface area contributed by atoms with Gasteiger partial charge in [0.05, 0.1) is 6.10 Å². The van der Waals surface area contributed by atoms with E-state index in [1.165, 1.54) is 0 Å². The minimum atomic E-state index is -0.208. The van der Waals surface area contributed by atoms with Crippen LogP contribution in [0.5, 0.6) is 5.75 Å². The molecule has 0 bridgehead atoms. The third-order valence-corrected chi connectivity index (χ3v) is 3.13. The van der Waals surface area contributed by atoms with E-state index in [-0.39, 0.29) is 18.1 Å². The van der Waals surface area contributed by atoms with Crippen molar-refractivity contribution in [2.24, 2.45) is 0 Å². The van der Waals surface area contributed by atoms with Crippen molar-refractivity contribution in [3.63, 3.8) is 0 Å². The Hall–Kier alpha value is -2.30. The number of aromatic nitrogens is 2. The molecule has 1 N–H and O–H groups in total. The van der Waals surface area contributed by atoms with Crippen molar-refractivity contribution in [1.82, 2.24) is 9.78 Å². The molecule has 2 aromatic rings. The van der Waals surface area contributed by atoms with Crippen molar-refractivity contribution in [3.8, 4) is 5.75 Å². The number of anilines is 1. The fraction of sp³-hybridized carbons (Fsp3) is 0.412. The molecule has 0 aliphatic rings. The summed E-state index contributed by atoms with van der Waals surface area (Å²) < 4.78 is 7.42. The number of benzene rings is 1. The number of nitrogens with one attached hydrogen (secondary N) is 1. The summed E-state index contributed by atoms with van der Waals surface area (Å²) in [7, 11) is 0. The Morgan fingerprint density at radius 2 is 1.82 bits per heavy atom. The molecule has 1 aromatic heterocycles. The molecule has 1 aromatic carbocycles. The first-order valence-electron chi connectivity index (χ1n) is 7.51. The second-order valence-corrected chi connectivity index (χ2v) is 5.85. The molecule has 118 valence electrons. The molecule has 1 heterocycles. The van der Waals surface area contributed by atoms with Crippen molar-refractivity contribution in [2.45, 2.75) is 46.8 Å². The summed E-state index contributed by atoms with van der Waals surface area (Å²) in [6, 6.07) is 9.35. The minimum Gasteiger partial charge on any atom is -0.491 e. The van der Waals surface area contributed by atoms with Crippen LogP contribution in [0.2, 0.25) is 0 Å². The maximum Gasteiger partial charge on any atom is 0.276 e. The Bertz CT molecular complexity index is 642. The Morgan fingerprint density at radius 1 is 1.18 bits per heavy atom. The number of rotatable bonds is 5. The minimum absolute atomic E-state index is 0.128. The third kappa shape index (κ3) is 3.87. The Balaban J connectivity index is 2.07. The summed E-state index contributed by atoms with van der Waals surface area (Å²) >= 11 is 0. The van der Waals surface area contributed by atoms with Gasteiger partial charge in [-0.05, 0) is 65.0 Å². The topological polar surface area (TPSA) is 56.1 Å². The first-order valence-corrected chi connectivity index (χ1v) is 7.51. The second kappa shape index (κ2) is 6.64. The molecule has 1 amide bonds. The molecule has 0 saturated carbocycles. The molecule has 22 heavy (non-hydrogen) atoms. The summed E-state index contributed by atoms with van der Waals surface area (Å²) in [5.41, 5.74) is 2.12. The van der Waals surface area contributed by atoms with Gasteiger partial charge in [-0.25, -0.2) is 0 Å². The van der Waals surface area contributed by atoms with E-state index in [1.807, 2.05) is 63.6 Å². The van der Waals surface area contributed by atoms with E-state index in [0.717, 1.165) is 17.1 Å². The molecule has 0 radical (unpaired) electrons. The molecule has 5 nitrogen and oxygen atoms in total. The lowest BCUT2D eigenvalue weighted by Crippen LogP contribution is -2.14. The van der Waals surface area contributed by atoms with Gasteiger partial charge in [-0.3, -0.25) is 9.48 Å². The molecular formula is C17H23N3O2. The molecule has 0 unspecified atom stereocenters. The van der Waals surface area contributed by atoms with Crippen molar-refractivity contribution in [3.05, 3.63) is 41.7 Å². The van der Waals surface area contributed by atoms with Crippen molar-refractivity contribution >= 4 is 11.6 Å². The van der Waals surface area contributed by atoms with Gasteiger partial charge in [-0.2, -0.15) is 5.10 Å². The molecule has 2 rings (SSSR count). The van der Waals surface area contributed by atoms with Crippen LogP contribution >= 0.6 is 0 Å². The van der Waals surface area contributed by atoms with E-state index in [1.54, 1.807) is 6.07 Å². The number of nitrogens with zero attached hydrogens (tertiary/aromatic N) is 2. The smallest absolute Gasteiger partial charge is 0.276 e. The van der Waals surface area contributed by atoms with Crippen LogP contribution in [0.1, 0.15) is 49.9 Å². The molecular weight excluding hydrogens is 278 g/mol. The first-order chi connectivity index (χ1) is 10.4. The van der Waals surface area contributed by atoms with E-state index in [9.17, 15) is 4.79 Å². The highest BCUT2D eigenvalue weighted by Crippen LogP contribution is 2.18. The van der Waals surface area contributed by atoms with Crippen molar-refractivity contribution in [1.29, 1.82) is 0 Å². The van der Waals surface area contributed by atoms with Crippen LogP contribution < -0.4 is 10.1 Å². The fourth-order valence-electron chi connectivity index (χ4n) is 2.21. The standard InChI is InChI=1S/C17H23N3O2/c1-11(2)20-13(5)10-16(19-20)17(21)18-14-6-8-15(9-7-14)22-12(3)4/h6-12H,1-5H3,(H,18,21). The molecule has 0 aliphatic heterocycles. The maximum absolute atomic E-state index is 12.2. The Kier molecular flexibility index (Phi) is 4.85. The second-order valence-electron chi connectivity index (χ2n) is 5.85. The molecule has 0 spiro atoms. The number of ether oxygens (including phenoxy) is 1. The highest BCUT2D eigenvalue weighted by Gasteiger charge is 2.14. The van der Waals surface area contributed by atoms with Gasteiger partial charge in [-0.1, -0.05) is 0 Å². The Morgan fingerprint density at radius 3 is 2.32 bits per heavy atom. The predicted molar refractivity (Wildman–Crippen MR) is 87.5 cm³/mol. The number of carbonyl (C=O) groups excluding carboxylic acids is 1. The third-order valence-electron chi connectivity index (χ3n) is 3.13. The zero-order valence-electron chi connectivity index (χ0n) is 13.8. The van der Waals surface area contributed by atoms with Gasteiger partial charge in [0, 0.05) is 17.4 Å². The fourth-order valence-corrected chi connectivity index (χ4v) is 2.21. The summed E-state index contributed by atoms with van der Waals surface area (Å²) in [6.07, 6.45) is 0.128. The van der Waals surface area contributed by atoms with Crippen LogP contribution in [0.3, 0.4) is 0 Å². The van der Waals surface area contributed by atoms with E-state index >= 15 is 0 Å². The van der Waals surface area contributed by atoms with Gasteiger partial charge < -0.3 is 10.1 Å². The summed E-state index contributed by atoms with van der Waals surface area (Å²) in [5, 5.41) is 7.19. The summed E-state index contributed by atoms with van der Waals surface area (Å²) in [4.78, 5) is 12.2. The van der Waals surface area contributed by atoms with Crippen molar-refractivity contribution in [2.75, 3.05) is 5.32 Å². The van der Waals surface area contributed by atoms with Gasteiger partial charge in [0.15, 0.2) is 5.69 Å². The van der Waals surface area contributed by atoms with Crippen molar-refractivity contribution < 1.29 is 9.53 Å². The number of hydrogen-bond donors (Lipinski definition) is 1. The first kappa shape index (κ1) is 16.1. The predicted octanol–water partition coefficient (Wildman–Crippen LogP) is 3.81. The lowest BCUT2D eigenvalue weighted by atomic mass is 10.3. The molecule has 0 atom stereocenters. The summed E-state index contributed by atoms with van der Waals surface area (Å²) in [5.74, 6) is 0.577. The zero-order valence-corrected chi connectivity index (χ0v) is 13.8. The van der Waals surface area contributed by atoms with Crippen LogP contribution in [0.15, 0.2) is 30.3 Å². The quantitative estimate of drug-likeness (QED) is 0.913. The highest BCUT2D eigenvalue weighted by molar-refractivity contribution is 6.02. The van der Waals surface area contributed by atoms with Gasteiger partial charge in [-0.15, -0.1) is 0 Å². The number of aryl methyl sites for hydroxylation is 1. The average Bonchev–Trinajstić information content (AvgIpc) is 2.83. The zero-order chi connectivity index (χ0) is 16.3. The number of hydrogen-bond acceptors (Lipinski definition) is 3. The van der Waals surface area contributed by atoms with E-state index in [4.69, 9.17) is 4.74 Å². The Labute approximate surface area is 131 Å². The van der Waals surface area contributed by atoms with Crippen LogP contribution in [0, 0.1) is 6.92 Å². The van der Waals surface area contributed by atoms with E-state index in [0.29, 0.717) is 5.69 Å². The lowest BCUT2D eigenvalue weighted by Gasteiger charge is -2.10. The van der Waals surface area contributed by atoms with Gasteiger partial charge in [0.1, 0.15) is 5.75 Å². The largest absolute Gasteiger partial charge is 0.491 e. The highest BCUT2D eigenvalue weighted by atomic mass is 16.5. The normalized spacial score (nSPS) is 11.0. The van der Waals surface area contributed by atoms with E-state index < -0.39 is 0 Å². The average molecular weight is 301 g/mol. The maximum atomic E-state index is 12.2. The van der Waals surface area contributed by atoms with Crippen LogP contribution in [-0.4, -0.2) is 21.8 Å². The van der Waals surface area contributed by atoms with Crippen LogP contribution in [-0.2, 0) is 0 Å². The van der Waals surface area contributed by atoms with Gasteiger partial charge in [0.2, 0.25) is 0 Å². The monoisotopic (exact) mass is 301 g/mol. The van der Waals surface area contributed by atoms with Gasteiger partial charge >= 0.3 is 0 Å². The van der Waals surface area contributed by atoms with Crippen LogP contribution in [0.25, 0.3) is 0 Å². The van der Waals surface area contributed by atoms with E-state index in [2.05, 4.69) is 10.4 Å². The van der Waals surface area contributed by atoms with Gasteiger partial charge in [0.25, 0.3) is 5.91 Å². The molecule has 0 fully saturated rings. The lowest BCUT2D eigenvalue weighted by molar-refractivity contribution is 0.102. The molecule has 0 saturated heterocycles. The number of amides is 1. The summed E-state index contributed by atoms with van der Waals surface area (Å²) in [6.45, 7) is 9.97. The SMILES string of the molecule is Cc1cc(C(=O)Nc2ccc(OC(C)C)cc2)nn1C(C)C. The molecule has 0 aliphatic carbocycles. The number of carbonyl (C=O) groups is 1. The molecule has 5 heteroatoms. The van der Waals surface area contributed by atoms with Crippen LogP contribution in [0.4, 0.5) is 5.69 Å².